The van der Waals surface area contributed by atoms with Gasteiger partial charge in [0.05, 0.1) is 29.4 Å². The summed E-state index contributed by atoms with van der Waals surface area (Å²) in [5.74, 6) is -0.00725. The summed E-state index contributed by atoms with van der Waals surface area (Å²) in [6.45, 7) is 1.21. The number of fused-ring (bicyclic) bond motifs is 1. The van der Waals surface area contributed by atoms with Gasteiger partial charge in [0.25, 0.3) is 0 Å². The lowest BCUT2D eigenvalue weighted by molar-refractivity contribution is -0.137. The van der Waals surface area contributed by atoms with Gasteiger partial charge in [-0.25, -0.2) is 8.42 Å². The molecule has 0 unspecified atom stereocenters. The summed E-state index contributed by atoms with van der Waals surface area (Å²) in [5, 5.41) is 0. The van der Waals surface area contributed by atoms with Crippen LogP contribution in [0.5, 0.6) is 11.5 Å². The zero-order chi connectivity index (χ0) is 24.3. The zero-order valence-electron chi connectivity index (χ0n) is 18.1. The van der Waals surface area contributed by atoms with Crippen LogP contribution in [0.2, 0.25) is 0 Å². The molecule has 2 heterocycles. The molecule has 12 heteroatoms. The fraction of sp³-hybridized carbons (Fsp3) is 0.409. The molecule has 2 aromatic rings. The SMILES string of the molecule is O=C(NNc1cccc(C(F)(F)F)c1)C1CCN(S(=O)(=O)c2ccc3c(c2)OCCCO3)CC1. The average molecular weight is 500 g/mol. The number of nitrogens with zero attached hydrogens (tertiary/aromatic N) is 1. The molecule has 0 bridgehead atoms. The summed E-state index contributed by atoms with van der Waals surface area (Å²) >= 11 is 0. The minimum absolute atomic E-state index is 0.0888. The standard InChI is InChI=1S/C22H24F3N3O5S/c23-22(24,25)16-3-1-4-17(13-16)26-27-21(29)15-7-9-28(10-8-15)34(30,31)18-5-6-19-20(14-18)33-12-2-11-32-19/h1,3-6,13-15,26H,2,7-12H2,(H,27,29). The molecular weight excluding hydrogens is 475 g/mol. The molecule has 2 aliphatic heterocycles. The number of piperidine rings is 1. The molecule has 2 N–H and O–H groups in total. The van der Waals surface area contributed by atoms with Gasteiger partial charge in [0.15, 0.2) is 11.5 Å². The van der Waals surface area contributed by atoms with Gasteiger partial charge in [0.2, 0.25) is 15.9 Å². The number of benzene rings is 2. The van der Waals surface area contributed by atoms with Crippen molar-refractivity contribution in [1.82, 2.24) is 9.73 Å². The second-order valence-electron chi connectivity index (χ2n) is 8.03. The largest absolute Gasteiger partial charge is 0.490 e. The van der Waals surface area contributed by atoms with Gasteiger partial charge >= 0.3 is 6.18 Å². The number of carbonyl (C=O) groups is 1. The number of carbonyl (C=O) groups excluding carboxylic acids is 1. The third-order valence-electron chi connectivity index (χ3n) is 5.70. The molecule has 184 valence electrons. The van der Waals surface area contributed by atoms with E-state index in [9.17, 15) is 26.4 Å². The van der Waals surface area contributed by atoms with Crippen molar-refractivity contribution in [1.29, 1.82) is 0 Å². The Morgan fingerprint density at radius 2 is 1.71 bits per heavy atom. The van der Waals surface area contributed by atoms with Crippen LogP contribution in [0.1, 0.15) is 24.8 Å². The maximum Gasteiger partial charge on any atom is 0.416 e. The van der Waals surface area contributed by atoms with Crippen LogP contribution >= 0.6 is 0 Å². The summed E-state index contributed by atoms with van der Waals surface area (Å²) in [4.78, 5) is 12.6. The summed E-state index contributed by atoms with van der Waals surface area (Å²) in [6, 6.07) is 8.97. The molecule has 0 aromatic heterocycles. The second-order valence-corrected chi connectivity index (χ2v) is 9.97. The molecule has 0 atom stereocenters. The van der Waals surface area contributed by atoms with Crippen molar-refractivity contribution in [2.24, 2.45) is 5.92 Å². The lowest BCUT2D eigenvalue weighted by atomic mass is 9.98. The van der Waals surface area contributed by atoms with E-state index in [0.717, 1.165) is 12.1 Å². The highest BCUT2D eigenvalue weighted by molar-refractivity contribution is 7.89. The first kappa shape index (κ1) is 24.1. The number of ether oxygens (including phenoxy) is 2. The molecule has 1 saturated heterocycles. The molecule has 0 spiro atoms. The lowest BCUT2D eigenvalue weighted by Gasteiger charge is -2.30. The maximum atomic E-state index is 13.1. The van der Waals surface area contributed by atoms with Crippen LogP contribution in [0.4, 0.5) is 18.9 Å². The monoisotopic (exact) mass is 499 g/mol. The van der Waals surface area contributed by atoms with Crippen molar-refractivity contribution in [2.45, 2.75) is 30.3 Å². The van der Waals surface area contributed by atoms with E-state index in [1.807, 2.05) is 0 Å². The van der Waals surface area contributed by atoms with E-state index in [1.54, 1.807) is 6.07 Å². The molecule has 8 nitrogen and oxygen atoms in total. The summed E-state index contributed by atoms with van der Waals surface area (Å²) in [7, 11) is -3.79. The number of sulfonamides is 1. The quantitative estimate of drug-likeness (QED) is 0.612. The number of nitrogens with one attached hydrogen (secondary N) is 2. The van der Waals surface area contributed by atoms with Crippen molar-refractivity contribution >= 4 is 21.6 Å². The lowest BCUT2D eigenvalue weighted by Crippen LogP contribution is -2.44. The Labute approximate surface area is 195 Å². The number of hydrogen-bond donors (Lipinski definition) is 2. The Balaban J connectivity index is 1.34. The van der Waals surface area contributed by atoms with Crippen LogP contribution in [0, 0.1) is 5.92 Å². The fourth-order valence-corrected chi connectivity index (χ4v) is 5.31. The van der Waals surface area contributed by atoms with Gasteiger partial charge in [0, 0.05) is 31.5 Å². The Morgan fingerprint density at radius 3 is 2.41 bits per heavy atom. The average Bonchev–Trinajstić information content (AvgIpc) is 3.07. The Kier molecular flexibility index (Phi) is 6.89. The first-order valence-electron chi connectivity index (χ1n) is 10.8. The summed E-state index contributed by atoms with van der Waals surface area (Å²) < 4.78 is 77.1. The predicted molar refractivity (Wildman–Crippen MR) is 117 cm³/mol. The van der Waals surface area contributed by atoms with Crippen molar-refractivity contribution in [2.75, 3.05) is 31.7 Å². The minimum atomic E-state index is -4.49. The third kappa shape index (κ3) is 5.39. The van der Waals surface area contributed by atoms with Gasteiger partial charge in [-0.05, 0) is 43.2 Å². The highest BCUT2D eigenvalue weighted by Crippen LogP contribution is 2.34. The molecule has 1 amide bonds. The number of anilines is 1. The number of amides is 1. The van der Waals surface area contributed by atoms with Gasteiger partial charge < -0.3 is 9.47 Å². The number of rotatable bonds is 5. The molecule has 0 saturated carbocycles. The van der Waals surface area contributed by atoms with E-state index in [1.165, 1.54) is 28.6 Å². The van der Waals surface area contributed by atoms with Crippen LogP contribution in [0.25, 0.3) is 0 Å². The number of hydrazine groups is 1. The smallest absolute Gasteiger partial charge is 0.416 e. The van der Waals surface area contributed by atoms with E-state index < -0.39 is 33.6 Å². The van der Waals surface area contributed by atoms with Gasteiger partial charge in [-0.15, -0.1) is 0 Å². The van der Waals surface area contributed by atoms with Gasteiger partial charge in [0.1, 0.15) is 0 Å². The molecule has 1 fully saturated rings. The molecular formula is C22H24F3N3O5S. The van der Waals surface area contributed by atoms with Crippen LogP contribution in [0.3, 0.4) is 0 Å². The number of alkyl halides is 3. The van der Waals surface area contributed by atoms with E-state index >= 15 is 0 Å². The maximum absolute atomic E-state index is 13.1. The normalized spacial score (nSPS) is 17.6. The van der Waals surface area contributed by atoms with E-state index in [4.69, 9.17) is 9.47 Å². The zero-order valence-corrected chi connectivity index (χ0v) is 18.9. The van der Waals surface area contributed by atoms with Crippen LogP contribution in [0.15, 0.2) is 47.4 Å². The Bertz CT molecular complexity index is 1150. The first-order chi connectivity index (χ1) is 16.1. The van der Waals surface area contributed by atoms with Crippen LogP contribution in [-0.2, 0) is 21.0 Å². The molecule has 2 aromatic carbocycles. The third-order valence-corrected chi connectivity index (χ3v) is 7.60. The van der Waals surface area contributed by atoms with Crippen molar-refractivity contribution < 1.29 is 35.9 Å². The van der Waals surface area contributed by atoms with Gasteiger partial charge in [-0.2, -0.15) is 17.5 Å². The van der Waals surface area contributed by atoms with Crippen molar-refractivity contribution in [3.8, 4) is 11.5 Å². The summed E-state index contributed by atoms with van der Waals surface area (Å²) in [6.07, 6.45) is -3.23. The van der Waals surface area contributed by atoms with Crippen molar-refractivity contribution in [3.63, 3.8) is 0 Å². The highest BCUT2D eigenvalue weighted by Gasteiger charge is 2.33. The fourth-order valence-electron chi connectivity index (χ4n) is 3.82. The summed E-state index contributed by atoms with van der Waals surface area (Å²) in [5.41, 5.74) is 4.18. The number of halogens is 3. The molecule has 34 heavy (non-hydrogen) atoms. The second kappa shape index (κ2) is 9.71. The molecule has 2 aliphatic rings. The Hall–Kier alpha value is -2.99. The first-order valence-corrected chi connectivity index (χ1v) is 12.2. The van der Waals surface area contributed by atoms with E-state index in [-0.39, 0.29) is 36.5 Å². The Morgan fingerprint density at radius 1 is 1.00 bits per heavy atom. The molecule has 0 radical (unpaired) electrons. The molecule has 4 rings (SSSR count). The van der Waals surface area contributed by atoms with E-state index in [2.05, 4.69) is 10.9 Å². The molecule has 0 aliphatic carbocycles. The predicted octanol–water partition coefficient (Wildman–Crippen LogP) is 3.41. The minimum Gasteiger partial charge on any atom is -0.490 e. The van der Waals surface area contributed by atoms with E-state index in [0.29, 0.717) is 31.1 Å². The number of hydrogen-bond acceptors (Lipinski definition) is 6. The highest BCUT2D eigenvalue weighted by atomic mass is 32.2. The van der Waals surface area contributed by atoms with Crippen LogP contribution < -0.4 is 20.3 Å². The van der Waals surface area contributed by atoms with Gasteiger partial charge in [-0.3, -0.25) is 15.6 Å². The van der Waals surface area contributed by atoms with Crippen LogP contribution in [-0.4, -0.2) is 44.9 Å². The topological polar surface area (TPSA) is 97.0 Å². The van der Waals surface area contributed by atoms with Crippen molar-refractivity contribution in [3.05, 3.63) is 48.0 Å². The van der Waals surface area contributed by atoms with Gasteiger partial charge in [-0.1, -0.05) is 6.07 Å².